The van der Waals surface area contributed by atoms with Gasteiger partial charge in [-0.25, -0.2) is 9.97 Å². The Balaban J connectivity index is 1.64. The van der Waals surface area contributed by atoms with Crippen molar-refractivity contribution in [1.82, 2.24) is 15.4 Å². The summed E-state index contributed by atoms with van der Waals surface area (Å²) in [5, 5.41) is 4.27. The van der Waals surface area contributed by atoms with Crippen LogP contribution in [0.5, 0.6) is 0 Å². The maximum Gasteiger partial charge on any atom is 0.269 e. The zero-order valence-electron chi connectivity index (χ0n) is 14.0. The number of hydrogen-bond donors (Lipinski definition) is 4. The van der Waals surface area contributed by atoms with Crippen molar-refractivity contribution < 1.29 is 4.79 Å². The van der Waals surface area contributed by atoms with Crippen LogP contribution in [0.15, 0.2) is 54.9 Å². The summed E-state index contributed by atoms with van der Waals surface area (Å²) in [6.45, 7) is 0.507. The summed E-state index contributed by atoms with van der Waals surface area (Å²) >= 11 is 11.8. The first-order valence-corrected chi connectivity index (χ1v) is 8.69. The van der Waals surface area contributed by atoms with Crippen molar-refractivity contribution >= 4 is 46.4 Å². The summed E-state index contributed by atoms with van der Waals surface area (Å²) in [7, 11) is 0. The van der Waals surface area contributed by atoms with Crippen LogP contribution in [0.3, 0.4) is 0 Å². The third-order valence-electron chi connectivity index (χ3n) is 3.64. The molecule has 5 N–H and O–H groups in total. The number of aromatic nitrogens is 2. The van der Waals surface area contributed by atoms with Gasteiger partial charge in [0.1, 0.15) is 12.0 Å². The monoisotopic (exact) mass is 402 g/mol. The van der Waals surface area contributed by atoms with Crippen LogP contribution in [0, 0.1) is 0 Å². The SMILES string of the molecule is Nc1c(NCc2ccc(Cl)cc2)ncnc1NNC(=O)c1cccc(Cl)c1. The van der Waals surface area contributed by atoms with Crippen molar-refractivity contribution in [2.75, 3.05) is 16.5 Å². The zero-order chi connectivity index (χ0) is 19.2. The Kier molecular flexibility index (Phi) is 5.95. The number of nitrogens with one attached hydrogen (secondary N) is 3. The van der Waals surface area contributed by atoms with Gasteiger partial charge in [-0.3, -0.25) is 15.6 Å². The normalized spacial score (nSPS) is 10.3. The number of nitrogen functional groups attached to an aromatic ring is 1. The van der Waals surface area contributed by atoms with Crippen molar-refractivity contribution in [3.8, 4) is 0 Å². The number of amides is 1. The summed E-state index contributed by atoms with van der Waals surface area (Å²) in [5.74, 6) is 0.352. The third-order valence-corrected chi connectivity index (χ3v) is 4.13. The highest BCUT2D eigenvalue weighted by Crippen LogP contribution is 2.22. The average molecular weight is 403 g/mol. The van der Waals surface area contributed by atoms with Gasteiger partial charge in [-0.2, -0.15) is 0 Å². The van der Waals surface area contributed by atoms with Crippen molar-refractivity contribution in [2.24, 2.45) is 0 Å². The summed E-state index contributed by atoms with van der Waals surface area (Å²) < 4.78 is 0. The summed E-state index contributed by atoms with van der Waals surface area (Å²) in [5.41, 5.74) is 13.0. The average Bonchev–Trinajstić information content (AvgIpc) is 2.67. The van der Waals surface area contributed by atoms with Crippen LogP contribution in [0.2, 0.25) is 10.0 Å². The summed E-state index contributed by atoms with van der Waals surface area (Å²) in [6, 6.07) is 14.0. The van der Waals surface area contributed by atoms with Gasteiger partial charge in [0.05, 0.1) is 0 Å². The molecular weight excluding hydrogens is 387 g/mol. The second-order valence-electron chi connectivity index (χ2n) is 5.55. The van der Waals surface area contributed by atoms with Gasteiger partial charge in [-0.1, -0.05) is 41.4 Å². The van der Waals surface area contributed by atoms with E-state index in [-0.39, 0.29) is 17.4 Å². The van der Waals surface area contributed by atoms with Crippen LogP contribution in [0.4, 0.5) is 17.3 Å². The number of nitrogens with zero attached hydrogens (tertiary/aromatic N) is 2. The Labute approximate surface area is 165 Å². The Morgan fingerprint density at radius 2 is 1.74 bits per heavy atom. The second-order valence-corrected chi connectivity index (χ2v) is 6.43. The zero-order valence-corrected chi connectivity index (χ0v) is 15.6. The number of halogens is 2. The third kappa shape index (κ3) is 4.99. The van der Waals surface area contributed by atoms with E-state index >= 15 is 0 Å². The van der Waals surface area contributed by atoms with E-state index in [1.54, 1.807) is 36.4 Å². The molecule has 0 aliphatic rings. The lowest BCUT2D eigenvalue weighted by Crippen LogP contribution is -2.30. The van der Waals surface area contributed by atoms with E-state index in [9.17, 15) is 4.79 Å². The number of benzene rings is 2. The lowest BCUT2D eigenvalue weighted by molar-refractivity contribution is 0.0962. The fourth-order valence-corrected chi connectivity index (χ4v) is 2.56. The highest BCUT2D eigenvalue weighted by Gasteiger charge is 2.10. The molecule has 0 bridgehead atoms. The molecule has 0 saturated carbocycles. The van der Waals surface area contributed by atoms with Crippen LogP contribution in [0.25, 0.3) is 0 Å². The number of hydrogen-bond acceptors (Lipinski definition) is 6. The van der Waals surface area contributed by atoms with Crippen LogP contribution in [-0.4, -0.2) is 15.9 Å². The molecule has 7 nitrogen and oxygen atoms in total. The number of carbonyl (C=O) groups excluding carboxylic acids is 1. The Hall–Kier alpha value is -3.03. The number of carbonyl (C=O) groups is 1. The summed E-state index contributed by atoms with van der Waals surface area (Å²) in [6.07, 6.45) is 1.34. The molecule has 0 fully saturated rings. The van der Waals surface area contributed by atoms with Crippen LogP contribution in [0.1, 0.15) is 15.9 Å². The highest BCUT2D eigenvalue weighted by atomic mass is 35.5. The number of rotatable bonds is 6. The molecule has 0 aliphatic heterocycles. The molecule has 1 amide bonds. The largest absolute Gasteiger partial charge is 0.393 e. The number of nitrogens with two attached hydrogens (primary N) is 1. The van der Waals surface area contributed by atoms with E-state index < -0.39 is 0 Å². The first-order valence-electron chi connectivity index (χ1n) is 7.93. The van der Waals surface area contributed by atoms with E-state index in [4.69, 9.17) is 28.9 Å². The first kappa shape index (κ1) is 18.8. The van der Waals surface area contributed by atoms with E-state index in [2.05, 4.69) is 26.1 Å². The highest BCUT2D eigenvalue weighted by molar-refractivity contribution is 6.31. The molecule has 1 aromatic heterocycles. The van der Waals surface area contributed by atoms with Gasteiger partial charge in [-0.15, -0.1) is 0 Å². The van der Waals surface area contributed by atoms with Crippen molar-refractivity contribution in [1.29, 1.82) is 0 Å². The minimum atomic E-state index is -0.369. The molecule has 27 heavy (non-hydrogen) atoms. The molecule has 3 rings (SSSR count). The predicted octanol–water partition coefficient (Wildman–Crippen LogP) is 3.73. The quantitative estimate of drug-likeness (QED) is 0.468. The molecule has 0 aliphatic carbocycles. The maximum absolute atomic E-state index is 12.2. The van der Waals surface area contributed by atoms with Gasteiger partial charge in [0, 0.05) is 22.2 Å². The molecule has 0 unspecified atom stereocenters. The van der Waals surface area contributed by atoms with Gasteiger partial charge in [0.15, 0.2) is 11.6 Å². The molecule has 3 aromatic rings. The molecule has 0 saturated heterocycles. The minimum absolute atomic E-state index is 0.276. The van der Waals surface area contributed by atoms with E-state index in [1.807, 2.05) is 12.1 Å². The van der Waals surface area contributed by atoms with E-state index in [0.717, 1.165) is 5.56 Å². The smallest absolute Gasteiger partial charge is 0.269 e. The van der Waals surface area contributed by atoms with Gasteiger partial charge >= 0.3 is 0 Å². The molecular formula is C18H16Cl2N6O. The van der Waals surface area contributed by atoms with Crippen molar-refractivity contribution in [2.45, 2.75) is 6.54 Å². The lowest BCUT2D eigenvalue weighted by Gasteiger charge is -2.13. The fourth-order valence-electron chi connectivity index (χ4n) is 2.24. The Morgan fingerprint density at radius 1 is 1.00 bits per heavy atom. The Bertz CT molecular complexity index is 949. The van der Waals surface area contributed by atoms with Gasteiger partial charge in [0.25, 0.3) is 5.91 Å². The minimum Gasteiger partial charge on any atom is -0.393 e. The maximum atomic E-state index is 12.2. The molecule has 0 spiro atoms. The molecule has 138 valence electrons. The van der Waals surface area contributed by atoms with Crippen molar-refractivity contribution in [3.63, 3.8) is 0 Å². The van der Waals surface area contributed by atoms with Crippen LogP contribution in [-0.2, 0) is 6.54 Å². The topological polar surface area (TPSA) is 105 Å². The lowest BCUT2D eigenvalue weighted by atomic mass is 10.2. The molecule has 0 atom stereocenters. The fraction of sp³-hybridized carbons (Fsp3) is 0.0556. The molecule has 9 heteroatoms. The standard InChI is InChI=1S/C18H16Cl2N6O/c19-13-6-4-11(5-7-13)9-22-16-15(21)17(24-10-23-16)25-26-18(27)12-2-1-3-14(20)8-12/h1-8,10H,9,21H2,(H,26,27)(H2,22,23,24,25). The number of anilines is 3. The Morgan fingerprint density at radius 3 is 2.48 bits per heavy atom. The van der Waals surface area contributed by atoms with Crippen LogP contribution < -0.4 is 21.9 Å². The predicted molar refractivity (Wildman–Crippen MR) is 108 cm³/mol. The molecule has 1 heterocycles. The number of hydrazine groups is 1. The van der Waals surface area contributed by atoms with Gasteiger partial charge in [0.2, 0.25) is 0 Å². The first-order chi connectivity index (χ1) is 13.0. The van der Waals surface area contributed by atoms with E-state index in [0.29, 0.717) is 28.0 Å². The summed E-state index contributed by atoms with van der Waals surface area (Å²) in [4.78, 5) is 20.3. The second kappa shape index (κ2) is 8.57. The van der Waals surface area contributed by atoms with Gasteiger partial charge in [-0.05, 0) is 35.9 Å². The molecule has 0 radical (unpaired) electrons. The molecule has 2 aromatic carbocycles. The van der Waals surface area contributed by atoms with Gasteiger partial charge < -0.3 is 11.1 Å². The van der Waals surface area contributed by atoms with Crippen LogP contribution >= 0.6 is 23.2 Å². The van der Waals surface area contributed by atoms with Crippen molar-refractivity contribution in [3.05, 3.63) is 76.0 Å². The van der Waals surface area contributed by atoms with E-state index in [1.165, 1.54) is 6.33 Å².